The van der Waals surface area contributed by atoms with Crippen molar-refractivity contribution in [3.63, 3.8) is 0 Å². The number of aromatic nitrogens is 1. The number of nitrogens with zero attached hydrogens (tertiary/aromatic N) is 1. The first-order valence-electron chi connectivity index (χ1n) is 5.52. The number of rotatable bonds is 3. The van der Waals surface area contributed by atoms with Crippen LogP contribution >= 0.6 is 15.9 Å². The van der Waals surface area contributed by atoms with Gasteiger partial charge in [-0.3, -0.25) is 4.98 Å². The first-order valence-corrected chi connectivity index (χ1v) is 6.32. The van der Waals surface area contributed by atoms with E-state index in [-0.39, 0.29) is 5.92 Å². The molecule has 88 valence electrons. The number of hydrogen-bond acceptors (Lipinski definition) is 2. The fourth-order valence-corrected chi connectivity index (χ4v) is 2.35. The van der Waals surface area contributed by atoms with Gasteiger partial charge in [0, 0.05) is 22.8 Å². The molecule has 2 unspecified atom stereocenters. The molecule has 0 fully saturated rings. The van der Waals surface area contributed by atoms with Gasteiger partial charge in [-0.25, -0.2) is 0 Å². The van der Waals surface area contributed by atoms with Crippen LogP contribution in [-0.2, 0) is 0 Å². The van der Waals surface area contributed by atoms with Crippen LogP contribution in [0.1, 0.15) is 30.1 Å². The third-order valence-electron chi connectivity index (χ3n) is 2.93. The highest BCUT2D eigenvalue weighted by Crippen LogP contribution is 2.33. The Kier molecular flexibility index (Phi) is 3.92. The summed E-state index contributed by atoms with van der Waals surface area (Å²) in [5.74, 6) is 0.0386. The Morgan fingerprint density at radius 2 is 1.76 bits per heavy atom. The van der Waals surface area contributed by atoms with Crippen molar-refractivity contribution in [1.29, 1.82) is 0 Å². The molecule has 0 saturated carbocycles. The van der Waals surface area contributed by atoms with E-state index in [1.165, 1.54) is 0 Å². The van der Waals surface area contributed by atoms with Crippen LogP contribution in [-0.4, -0.2) is 10.1 Å². The molecule has 0 aliphatic rings. The summed E-state index contributed by atoms with van der Waals surface area (Å²) in [6.45, 7) is 2.01. The number of aliphatic hydroxyl groups excluding tert-OH is 1. The van der Waals surface area contributed by atoms with Crippen molar-refractivity contribution in [3.05, 3.63) is 64.4 Å². The molecule has 0 aliphatic heterocycles. The summed E-state index contributed by atoms with van der Waals surface area (Å²) in [7, 11) is 0. The van der Waals surface area contributed by atoms with Gasteiger partial charge in [0.25, 0.3) is 0 Å². The van der Waals surface area contributed by atoms with E-state index in [0.717, 1.165) is 15.6 Å². The quantitative estimate of drug-likeness (QED) is 0.936. The fourth-order valence-electron chi connectivity index (χ4n) is 1.83. The van der Waals surface area contributed by atoms with E-state index in [2.05, 4.69) is 20.9 Å². The maximum atomic E-state index is 10.4. The highest BCUT2D eigenvalue weighted by molar-refractivity contribution is 9.10. The van der Waals surface area contributed by atoms with E-state index < -0.39 is 6.10 Å². The topological polar surface area (TPSA) is 33.1 Å². The fraction of sp³-hybridized carbons (Fsp3) is 0.214. The van der Waals surface area contributed by atoms with Gasteiger partial charge in [0.15, 0.2) is 0 Å². The number of pyridine rings is 1. The minimum absolute atomic E-state index is 0.0386. The third kappa shape index (κ3) is 2.73. The van der Waals surface area contributed by atoms with Crippen molar-refractivity contribution in [3.8, 4) is 0 Å². The maximum Gasteiger partial charge on any atom is 0.0866 e. The summed E-state index contributed by atoms with van der Waals surface area (Å²) in [6, 6.07) is 11.6. The SMILES string of the molecule is CC(c1ccncc1)C(O)c1ccccc1Br. The molecule has 1 heterocycles. The molecule has 2 atom stereocenters. The Morgan fingerprint density at radius 3 is 2.41 bits per heavy atom. The summed E-state index contributed by atoms with van der Waals surface area (Å²) in [5, 5.41) is 10.4. The molecule has 0 amide bonds. The third-order valence-corrected chi connectivity index (χ3v) is 3.65. The first-order chi connectivity index (χ1) is 8.20. The van der Waals surface area contributed by atoms with Crippen LogP contribution in [0, 0.1) is 0 Å². The molecule has 17 heavy (non-hydrogen) atoms. The van der Waals surface area contributed by atoms with Crippen LogP contribution in [0.25, 0.3) is 0 Å². The molecule has 2 aromatic rings. The summed E-state index contributed by atoms with van der Waals surface area (Å²) >= 11 is 3.47. The van der Waals surface area contributed by atoms with Crippen LogP contribution in [0.2, 0.25) is 0 Å². The van der Waals surface area contributed by atoms with Gasteiger partial charge in [-0.2, -0.15) is 0 Å². The average Bonchev–Trinajstić information content (AvgIpc) is 2.39. The van der Waals surface area contributed by atoms with Crippen molar-refractivity contribution in [2.45, 2.75) is 18.9 Å². The van der Waals surface area contributed by atoms with Gasteiger partial charge in [-0.05, 0) is 29.3 Å². The molecular weight excluding hydrogens is 278 g/mol. The second kappa shape index (κ2) is 5.43. The van der Waals surface area contributed by atoms with E-state index in [1.807, 2.05) is 43.3 Å². The van der Waals surface area contributed by atoms with Gasteiger partial charge in [0.1, 0.15) is 0 Å². The van der Waals surface area contributed by atoms with Crippen molar-refractivity contribution >= 4 is 15.9 Å². The highest BCUT2D eigenvalue weighted by atomic mass is 79.9. The number of halogens is 1. The van der Waals surface area contributed by atoms with E-state index >= 15 is 0 Å². The van der Waals surface area contributed by atoms with Crippen LogP contribution in [0.5, 0.6) is 0 Å². The second-order valence-electron chi connectivity index (χ2n) is 4.04. The molecule has 0 radical (unpaired) electrons. The van der Waals surface area contributed by atoms with Crippen molar-refractivity contribution < 1.29 is 5.11 Å². The molecule has 2 nitrogen and oxygen atoms in total. The van der Waals surface area contributed by atoms with Gasteiger partial charge in [-0.1, -0.05) is 41.1 Å². The summed E-state index contributed by atoms with van der Waals surface area (Å²) in [4.78, 5) is 3.99. The van der Waals surface area contributed by atoms with Gasteiger partial charge in [0.2, 0.25) is 0 Å². The zero-order chi connectivity index (χ0) is 12.3. The molecule has 1 aromatic carbocycles. The second-order valence-corrected chi connectivity index (χ2v) is 4.89. The number of hydrogen-bond donors (Lipinski definition) is 1. The Morgan fingerprint density at radius 1 is 1.12 bits per heavy atom. The lowest BCUT2D eigenvalue weighted by molar-refractivity contribution is 0.151. The largest absolute Gasteiger partial charge is 0.388 e. The Balaban J connectivity index is 2.27. The van der Waals surface area contributed by atoms with Crippen LogP contribution in [0.15, 0.2) is 53.3 Å². The molecular formula is C14H14BrNO. The molecule has 3 heteroatoms. The van der Waals surface area contributed by atoms with Gasteiger partial charge in [0.05, 0.1) is 6.10 Å². The van der Waals surface area contributed by atoms with Crippen molar-refractivity contribution in [2.24, 2.45) is 0 Å². The molecule has 0 saturated heterocycles. The Hall–Kier alpha value is -1.19. The maximum absolute atomic E-state index is 10.4. The summed E-state index contributed by atoms with van der Waals surface area (Å²) in [6.07, 6.45) is 2.98. The van der Waals surface area contributed by atoms with Gasteiger partial charge >= 0.3 is 0 Å². The molecule has 2 rings (SSSR count). The lowest BCUT2D eigenvalue weighted by Crippen LogP contribution is -2.08. The number of benzene rings is 1. The normalized spacial score (nSPS) is 14.3. The number of aliphatic hydroxyl groups is 1. The van der Waals surface area contributed by atoms with E-state index in [1.54, 1.807) is 12.4 Å². The van der Waals surface area contributed by atoms with Crippen LogP contribution < -0.4 is 0 Å². The van der Waals surface area contributed by atoms with Crippen molar-refractivity contribution in [1.82, 2.24) is 4.98 Å². The molecule has 1 aromatic heterocycles. The Labute approximate surface area is 109 Å². The Bertz CT molecular complexity index is 487. The van der Waals surface area contributed by atoms with Crippen LogP contribution in [0.4, 0.5) is 0 Å². The van der Waals surface area contributed by atoms with Gasteiger partial charge < -0.3 is 5.11 Å². The predicted octanol–water partition coefficient (Wildman–Crippen LogP) is 3.68. The monoisotopic (exact) mass is 291 g/mol. The average molecular weight is 292 g/mol. The molecule has 1 N–H and O–H groups in total. The lowest BCUT2D eigenvalue weighted by Gasteiger charge is -2.20. The highest BCUT2D eigenvalue weighted by Gasteiger charge is 2.19. The van der Waals surface area contributed by atoms with Crippen molar-refractivity contribution in [2.75, 3.05) is 0 Å². The zero-order valence-electron chi connectivity index (χ0n) is 9.55. The smallest absolute Gasteiger partial charge is 0.0866 e. The lowest BCUT2D eigenvalue weighted by atomic mass is 9.91. The summed E-state index contributed by atoms with van der Waals surface area (Å²) in [5.41, 5.74) is 2.00. The molecule has 0 bridgehead atoms. The van der Waals surface area contributed by atoms with Gasteiger partial charge in [-0.15, -0.1) is 0 Å². The molecule has 0 spiro atoms. The summed E-state index contributed by atoms with van der Waals surface area (Å²) < 4.78 is 0.938. The van der Waals surface area contributed by atoms with E-state index in [9.17, 15) is 5.11 Å². The first kappa shape index (κ1) is 12.3. The predicted molar refractivity (Wildman–Crippen MR) is 71.8 cm³/mol. The van der Waals surface area contributed by atoms with E-state index in [0.29, 0.717) is 0 Å². The van der Waals surface area contributed by atoms with E-state index in [4.69, 9.17) is 0 Å². The standard InChI is InChI=1S/C14H14BrNO/c1-10(11-6-8-16-9-7-11)14(17)12-4-2-3-5-13(12)15/h2-10,14,17H,1H3. The molecule has 0 aliphatic carbocycles. The van der Waals surface area contributed by atoms with Crippen LogP contribution in [0.3, 0.4) is 0 Å². The minimum Gasteiger partial charge on any atom is -0.388 e. The zero-order valence-corrected chi connectivity index (χ0v) is 11.1. The minimum atomic E-state index is -0.520.